The molecule has 2 amide bonds. The Bertz CT molecular complexity index is 958. The molecule has 0 unspecified atom stereocenters. The average molecular weight is 434 g/mol. The van der Waals surface area contributed by atoms with E-state index in [1.54, 1.807) is 30.8 Å². The number of amides is 2. The molecule has 1 N–H and O–H groups in total. The SMILES string of the molecule is CNC(=O)N1CCc2c(c(N(C)c3cc(C(F)F)c(C)cn3)nn2C2CCOCC2)C1. The van der Waals surface area contributed by atoms with Gasteiger partial charge in [0.25, 0.3) is 6.43 Å². The van der Waals surface area contributed by atoms with Gasteiger partial charge in [-0.05, 0) is 31.4 Å². The van der Waals surface area contributed by atoms with Crippen molar-refractivity contribution in [3.63, 3.8) is 0 Å². The van der Waals surface area contributed by atoms with Gasteiger partial charge >= 0.3 is 6.03 Å². The summed E-state index contributed by atoms with van der Waals surface area (Å²) in [5.41, 5.74) is 2.44. The lowest BCUT2D eigenvalue weighted by Gasteiger charge is -2.30. The highest BCUT2D eigenvalue weighted by molar-refractivity contribution is 5.75. The first-order valence-electron chi connectivity index (χ1n) is 10.5. The van der Waals surface area contributed by atoms with Crippen molar-refractivity contribution in [2.45, 2.75) is 45.2 Å². The molecule has 0 saturated carbocycles. The number of nitrogens with one attached hydrogen (secondary N) is 1. The number of halogens is 2. The molecule has 2 aliphatic rings. The van der Waals surface area contributed by atoms with E-state index >= 15 is 0 Å². The first-order valence-corrected chi connectivity index (χ1v) is 10.5. The molecule has 31 heavy (non-hydrogen) atoms. The molecule has 1 saturated heterocycles. The van der Waals surface area contributed by atoms with Crippen LogP contribution < -0.4 is 10.2 Å². The number of pyridine rings is 1. The van der Waals surface area contributed by atoms with Crippen LogP contribution in [0.3, 0.4) is 0 Å². The van der Waals surface area contributed by atoms with Gasteiger partial charge in [-0.1, -0.05) is 0 Å². The van der Waals surface area contributed by atoms with Crippen LogP contribution in [-0.2, 0) is 17.7 Å². The minimum Gasteiger partial charge on any atom is -0.381 e. The fourth-order valence-corrected chi connectivity index (χ4v) is 4.32. The molecule has 8 nitrogen and oxygen atoms in total. The fourth-order valence-electron chi connectivity index (χ4n) is 4.32. The molecule has 1 fully saturated rings. The van der Waals surface area contributed by atoms with Crippen LogP contribution in [0.1, 0.15) is 47.7 Å². The van der Waals surface area contributed by atoms with Crippen molar-refractivity contribution in [3.8, 4) is 0 Å². The first-order chi connectivity index (χ1) is 14.9. The second-order valence-electron chi connectivity index (χ2n) is 8.02. The largest absolute Gasteiger partial charge is 0.381 e. The number of nitrogens with zero attached hydrogens (tertiary/aromatic N) is 5. The molecule has 168 valence electrons. The maximum absolute atomic E-state index is 13.4. The normalized spacial score (nSPS) is 17.0. The van der Waals surface area contributed by atoms with E-state index in [4.69, 9.17) is 9.84 Å². The molecule has 0 aliphatic carbocycles. The summed E-state index contributed by atoms with van der Waals surface area (Å²) in [5.74, 6) is 1.05. The number of aryl methyl sites for hydroxylation is 1. The quantitative estimate of drug-likeness (QED) is 0.799. The molecule has 0 spiro atoms. The van der Waals surface area contributed by atoms with E-state index in [1.165, 1.54) is 12.3 Å². The Hall–Kier alpha value is -2.75. The lowest BCUT2D eigenvalue weighted by atomic mass is 10.0. The zero-order valence-electron chi connectivity index (χ0n) is 18.1. The summed E-state index contributed by atoms with van der Waals surface area (Å²) in [7, 11) is 3.39. The molecular formula is C21H28F2N6O2. The van der Waals surface area contributed by atoms with Crippen LogP contribution >= 0.6 is 0 Å². The van der Waals surface area contributed by atoms with Crippen LogP contribution in [0.5, 0.6) is 0 Å². The summed E-state index contributed by atoms with van der Waals surface area (Å²) in [5, 5.41) is 7.59. The van der Waals surface area contributed by atoms with E-state index in [2.05, 4.69) is 15.0 Å². The van der Waals surface area contributed by atoms with E-state index < -0.39 is 6.43 Å². The van der Waals surface area contributed by atoms with Gasteiger partial charge in [-0.15, -0.1) is 0 Å². The Morgan fingerprint density at radius 3 is 2.77 bits per heavy atom. The van der Waals surface area contributed by atoms with E-state index in [9.17, 15) is 13.6 Å². The van der Waals surface area contributed by atoms with Gasteiger partial charge in [0.2, 0.25) is 0 Å². The van der Waals surface area contributed by atoms with Crippen molar-refractivity contribution in [1.29, 1.82) is 0 Å². The van der Waals surface area contributed by atoms with Gasteiger partial charge in [-0.2, -0.15) is 5.10 Å². The zero-order valence-corrected chi connectivity index (χ0v) is 18.1. The van der Waals surface area contributed by atoms with Crippen LogP contribution in [-0.4, -0.2) is 59.5 Å². The van der Waals surface area contributed by atoms with Gasteiger partial charge in [0.15, 0.2) is 5.82 Å². The van der Waals surface area contributed by atoms with E-state index in [1.807, 2.05) is 0 Å². The van der Waals surface area contributed by atoms with Crippen molar-refractivity contribution in [1.82, 2.24) is 25.0 Å². The lowest BCUT2D eigenvalue weighted by Crippen LogP contribution is -2.41. The van der Waals surface area contributed by atoms with E-state index in [0.29, 0.717) is 49.9 Å². The molecular weight excluding hydrogens is 406 g/mol. The smallest absolute Gasteiger partial charge is 0.317 e. The van der Waals surface area contributed by atoms with Crippen LogP contribution in [0.4, 0.5) is 25.2 Å². The number of carbonyl (C=O) groups excluding carboxylic acids is 1. The zero-order chi connectivity index (χ0) is 22.1. The summed E-state index contributed by atoms with van der Waals surface area (Å²) in [6.45, 7) is 4.01. The maximum Gasteiger partial charge on any atom is 0.317 e. The summed E-state index contributed by atoms with van der Waals surface area (Å²) in [4.78, 5) is 20.1. The highest BCUT2D eigenvalue weighted by atomic mass is 19.3. The van der Waals surface area contributed by atoms with Crippen molar-refractivity contribution >= 4 is 17.7 Å². The molecule has 4 heterocycles. The monoisotopic (exact) mass is 434 g/mol. The molecule has 2 aliphatic heterocycles. The molecule has 0 radical (unpaired) electrons. The minimum atomic E-state index is -2.58. The number of anilines is 2. The minimum absolute atomic E-state index is 0.0402. The first kappa shape index (κ1) is 21.5. The Labute approximate surface area is 180 Å². The number of hydrogen-bond acceptors (Lipinski definition) is 5. The van der Waals surface area contributed by atoms with Crippen LogP contribution in [0.2, 0.25) is 0 Å². The number of aromatic nitrogens is 3. The number of urea groups is 1. The Morgan fingerprint density at radius 2 is 2.10 bits per heavy atom. The molecule has 0 bridgehead atoms. The van der Waals surface area contributed by atoms with Crippen LogP contribution in [0.15, 0.2) is 12.3 Å². The maximum atomic E-state index is 13.4. The van der Waals surface area contributed by atoms with Crippen LogP contribution in [0, 0.1) is 6.92 Å². The molecule has 2 aromatic rings. The van der Waals surface area contributed by atoms with Crippen molar-refractivity contribution in [2.75, 3.05) is 38.8 Å². The third kappa shape index (κ3) is 4.08. The van der Waals surface area contributed by atoms with Crippen molar-refractivity contribution in [3.05, 3.63) is 34.6 Å². The number of fused-ring (bicyclic) bond motifs is 1. The van der Waals surface area contributed by atoms with Gasteiger partial charge in [-0.25, -0.2) is 18.6 Å². The van der Waals surface area contributed by atoms with Crippen molar-refractivity contribution < 1.29 is 18.3 Å². The number of rotatable bonds is 4. The molecule has 2 aromatic heterocycles. The Balaban J connectivity index is 1.75. The summed E-state index contributed by atoms with van der Waals surface area (Å²) < 4.78 is 34.5. The summed E-state index contributed by atoms with van der Waals surface area (Å²) in [6, 6.07) is 1.49. The van der Waals surface area contributed by atoms with Gasteiger partial charge in [-0.3, -0.25) is 4.68 Å². The number of alkyl halides is 2. The number of hydrogen-bond donors (Lipinski definition) is 1. The third-order valence-corrected chi connectivity index (χ3v) is 6.13. The predicted molar refractivity (Wildman–Crippen MR) is 112 cm³/mol. The van der Waals surface area contributed by atoms with Gasteiger partial charge in [0, 0.05) is 63.3 Å². The van der Waals surface area contributed by atoms with E-state index in [0.717, 1.165) is 24.1 Å². The topological polar surface area (TPSA) is 75.5 Å². The highest BCUT2D eigenvalue weighted by Gasteiger charge is 2.32. The Morgan fingerprint density at radius 1 is 1.35 bits per heavy atom. The third-order valence-electron chi connectivity index (χ3n) is 6.13. The van der Waals surface area contributed by atoms with Crippen LogP contribution in [0.25, 0.3) is 0 Å². The Kier molecular flexibility index (Phi) is 6.08. The van der Waals surface area contributed by atoms with Gasteiger partial charge in [0.1, 0.15) is 5.82 Å². The average Bonchev–Trinajstić information content (AvgIpc) is 3.17. The molecule has 10 heteroatoms. The summed E-state index contributed by atoms with van der Waals surface area (Å²) >= 11 is 0. The van der Waals surface area contributed by atoms with Gasteiger partial charge < -0.3 is 19.9 Å². The molecule has 0 aromatic carbocycles. The van der Waals surface area contributed by atoms with Crippen molar-refractivity contribution in [2.24, 2.45) is 0 Å². The lowest BCUT2D eigenvalue weighted by molar-refractivity contribution is 0.0651. The summed E-state index contributed by atoms with van der Waals surface area (Å²) in [6.07, 6.45) is 1.31. The highest BCUT2D eigenvalue weighted by Crippen LogP contribution is 2.36. The number of ether oxygens (including phenoxy) is 1. The van der Waals surface area contributed by atoms with E-state index in [-0.39, 0.29) is 17.6 Å². The standard InChI is InChI=1S/C21H28F2N6O2/c1-13-11-25-18(10-15(13)19(22)23)27(3)20-16-12-28(21(30)24-2)7-4-17(16)29(26-20)14-5-8-31-9-6-14/h10-11,14,19H,4-9,12H2,1-3H3,(H,24,30). The predicted octanol–water partition coefficient (Wildman–Crippen LogP) is 3.34. The second kappa shape index (κ2) is 8.78. The molecule has 4 rings (SSSR count). The van der Waals surface area contributed by atoms with Gasteiger partial charge in [0.05, 0.1) is 12.6 Å². The molecule has 0 atom stereocenters. The fraction of sp³-hybridized carbons (Fsp3) is 0.571. The number of carbonyl (C=O) groups is 1. The second-order valence-corrected chi connectivity index (χ2v) is 8.02.